The highest BCUT2D eigenvalue weighted by Gasteiger charge is 2.19. The highest BCUT2D eigenvalue weighted by atomic mass is 32.2. The Balaban J connectivity index is 1.95. The predicted octanol–water partition coefficient (Wildman–Crippen LogP) is 1.83. The van der Waals surface area contributed by atoms with Crippen LogP contribution in [-0.4, -0.2) is 63.7 Å². The van der Waals surface area contributed by atoms with Gasteiger partial charge in [0.05, 0.1) is 10.6 Å². The summed E-state index contributed by atoms with van der Waals surface area (Å²) in [5.41, 5.74) is 1.17. The van der Waals surface area contributed by atoms with Gasteiger partial charge in [0.1, 0.15) is 0 Å². The largest absolute Gasteiger partial charge is 0.304 e. The highest BCUT2D eigenvalue weighted by Crippen LogP contribution is 2.18. The summed E-state index contributed by atoms with van der Waals surface area (Å²) in [6.45, 7) is 8.79. The second-order valence-corrected chi connectivity index (χ2v) is 8.30. The summed E-state index contributed by atoms with van der Waals surface area (Å²) in [4.78, 5) is 4.95. The lowest BCUT2D eigenvalue weighted by Gasteiger charge is -2.32. The Bertz CT molecular complexity index is 544. The van der Waals surface area contributed by atoms with E-state index in [0.717, 1.165) is 26.2 Å². The molecule has 0 spiro atoms. The van der Waals surface area contributed by atoms with Crippen molar-refractivity contribution in [1.29, 1.82) is 0 Å². The van der Waals surface area contributed by atoms with E-state index in [-0.39, 0.29) is 5.75 Å². The van der Waals surface area contributed by atoms with E-state index >= 15 is 0 Å². The van der Waals surface area contributed by atoms with Crippen molar-refractivity contribution in [3.05, 3.63) is 29.8 Å². The van der Waals surface area contributed by atoms with Crippen molar-refractivity contribution in [2.24, 2.45) is 0 Å². The Labute approximate surface area is 128 Å². The lowest BCUT2D eigenvalue weighted by Crippen LogP contribution is -2.45. The van der Waals surface area contributed by atoms with Gasteiger partial charge in [-0.3, -0.25) is 4.90 Å². The maximum atomic E-state index is 12.4. The fraction of sp³-hybridized carbons (Fsp3) is 0.625. The molecule has 1 heterocycles. The normalized spacial score (nSPS) is 18.3. The maximum absolute atomic E-state index is 12.4. The van der Waals surface area contributed by atoms with E-state index in [0.29, 0.717) is 17.4 Å². The molecular weight excluding hydrogens is 284 g/mol. The molecule has 1 aliphatic heterocycles. The molecule has 1 aliphatic rings. The third-order valence-electron chi connectivity index (χ3n) is 4.18. The molecule has 0 amide bonds. The lowest BCUT2D eigenvalue weighted by molar-refractivity contribution is 0.161. The van der Waals surface area contributed by atoms with Crippen LogP contribution in [0.5, 0.6) is 0 Å². The first-order chi connectivity index (χ1) is 9.88. The third kappa shape index (κ3) is 4.53. The number of hydrogen-bond donors (Lipinski definition) is 0. The molecule has 0 unspecified atom stereocenters. The van der Waals surface area contributed by atoms with Crippen molar-refractivity contribution in [1.82, 2.24) is 9.80 Å². The fourth-order valence-electron chi connectivity index (χ4n) is 2.50. The molecule has 1 aromatic rings. The van der Waals surface area contributed by atoms with Gasteiger partial charge in [0, 0.05) is 32.7 Å². The van der Waals surface area contributed by atoms with Crippen molar-refractivity contribution in [3.8, 4) is 0 Å². The van der Waals surface area contributed by atoms with Gasteiger partial charge in [0.2, 0.25) is 0 Å². The van der Waals surface area contributed by atoms with Crippen molar-refractivity contribution >= 4 is 9.84 Å². The van der Waals surface area contributed by atoms with Crippen LogP contribution in [0.15, 0.2) is 29.2 Å². The summed E-state index contributed by atoms with van der Waals surface area (Å²) in [6, 6.07) is 7.34. The number of likely N-dealkylation sites (N-methyl/N-ethyl adjacent to an activating group) is 1. The van der Waals surface area contributed by atoms with E-state index < -0.39 is 9.84 Å². The Kier molecular flexibility index (Phi) is 5.41. The minimum atomic E-state index is -3.17. The van der Waals surface area contributed by atoms with Gasteiger partial charge in [0.25, 0.3) is 0 Å². The number of rotatable bonds is 5. The Morgan fingerprint density at radius 3 is 2.14 bits per heavy atom. The van der Waals surface area contributed by atoms with Crippen LogP contribution in [0, 0.1) is 0 Å². The Hall–Kier alpha value is -0.910. The molecule has 0 saturated carbocycles. The van der Waals surface area contributed by atoms with Crippen molar-refractivity contribution < 1.29 is 8.42 Å². The topological polar surface area (TPSA) is 40.6 Å². The molecule has 118 valence electrons. The summed E-state index contributed by atoms with van der Waals surface area (Å²) in [5, 5.41) is 0. The molecule has 21 heavy (non-hydrogen) atoms. The summed E-state index contributed by atoms with van der Waals surface area (Å²) in [6.07, 6.45) is 0. The van der Waals surface area contributed by atoms with E-state index in [4.69, 9.17) is 0 Å². The number of hydrogen-bond acceptors (Lipinski definition) is 4. The molecule has 0 radical (unpaired) electrons. The first-order valence-corrected chi connectivity index (χ1v) is 9.27. The molecule has 0 aliphatic carbocycles. The molecule has 1 aromatic carbocycles. The molecule has 0 aromatic heterocycles. The Morgan fingerprint density at radius 1 is 1.05 bits per heavy atom. The zero-order valence-electron chi connectivity index (χ0n) is 13.2. The van der Waals surface area contributed by atoms with Crippen molar-refractivity contribution in [3.63, 3.8) is 0 Å². The van der Waals surface area contributed by atoms with Gasteiger partial charge in [0.15, 0.2) is 9.84 Å². The van der Waals surface area contributed by atoms with E-state index in [1.807, 2.05) is 12.1 Å². The quantitative estimate of drug-likeness (QED) is 0.832. The number of piperazine rings is 1. The van der Waals surface area contributed by atoms with Crippen LogP contribution < -0.4 is 0 Å². The van der Waals surface area contributed by atoms with Gasteiger partial charge in [-0.1, -0.05) is 26.0 Å². The minimum Gasteiger partial charge on any atom is -0.304 e. The van der Waals surface area contributed by atoms with E-state index in [1.54, 1.807) is 12.1 Å². The van der Waals surface area contributed by atoms with Crippen LogP contribution in [0.25, 0.3) is 0 Å². The molecular formula is C16H26N2O2S. The number of benzene rings is 1. The molecule has 2 rings (SSSR count). The zero-order chi connectivity index (χ0) is 15.5. The van der Waals surface area contributed by atoms with Gasteiger partial charge in [-0.05, 0) is 30.7 Å². The summed E-state index contributed by atoms with van der Waals surface area (Å²) in [5.74, 6) is 0.629. The first kappa shape index (κ1) is 16.5. The van der Waals surface area contributed by atoms with Gasteiger partial charge < -0.3 is 4.90 Å². The number of nitrogens with zero attached hydrogens (tertiary/aromatic N) is 2. The summed E-state index contributed by atoms with van der Waals surface area (Å²) < 4.78 is 24.8. The van der Waals surface area contributed by atoms with Gasteiger partial charge in [-0.25, -0.2) is 8.42 Å². The molecule has 4 nitrogen and oxygen atoms in total. The van der Waals surface area contributed by atoms with Gasteiger partial charge in [-0.2, -0.15) is 0 Å². The van der Waals surface area contributed by atoms with Crippen molar-refractivity contribution in [2.45, 2.75) is 24.7 Å². The molecule has 0 bridgehead atoms. The second-order valence-electron chi connectivity index (χ2n) is 6.19. The summed E-state index contributed by atoms with van der Waals surface area (Å²) in [7, 11) is -1.07. The fourth-order valence-corrected chi connectivity index (χ4v) is 3.78. The molecule has 1 fully saturated rings. The smallest absolute Gasteiger partial charge is 0.179 e. The maximum Gasteiger partial charge on any atom is 0.179 e. The summed E-state index contributed by atoms with van der Waals surface area (Å²) >= 11 is 0. The van der Waals surface area contributed by atoms with Crippen LogP contribution in [0.4, 0.5) is 0 Å². The second kappa shape index (κ2) is 6.90. The Morgan fingerprint density at radius 2 is 1.62 bits per heavy atom. The average Bonchev–Trinajstić information content (AvgIpc) is 2.47. The monoisotopic (exact) mass is 310 g/mol. The SMILES string of the molecule is CC(C)c1ccc(S(=O)(=O)CCN2CCN(C)CC2)cc1. The highest BCUT2D eigenvalue weighted by molar-refractivity contribution is 7.91. The van der Waals surface area contributed by atoms with Crippen LogP contribution in [-0.2, 0) is 9.84 Å². The average molecular weight is 310 g/mol. The van der Waals surface area contributed by atoms with Gasteiger partial charge in [-0.15, -0.1) is 0 Å². The van der Waals surface area contributed by atoms with Gasteiger partial charge >= 0.3 is 0 Å². The number of sulfone groups is 1. The lowest BCUT2D eigenvalue weighted by atomic mass is 10.0. The van der Waals surface area contributed by atoms with Crippen LogP contribution >= 0.6 is 0 Å². The van der Waals surface area contributed by atoms with Crippen molar-refractivity contribution in [2.75, 3.05) is 45.5 Å². The molecule has 5 heteroatoms. The molecule has 0 atom stereocenters. The third-order valence-corrected chi connectivity index (χ3v) is 5.89. The van der Waals surface area contributed by atoms with E-state index in [2.05, 4.69) is 30.7 Å². The van der Waals surface area contributed by atoms with Crippen LogP contribution in [0.1, 0.15) is 25.3 Å². The first-order valence-electron chi connectivity index (χ1n) is 7.62. The van der Waals surface area contributed by atoms with Crippen LogP contribution in [0.2, 0.25) is 0 Å². The molecule has 1 saturated heterocycles. The van der Waals surface area contributed by atoms with Crippen LogP contribution in [0.3, 0.4) is 0 Å². The predicted molar refractivity (Wildman–Crippen MR) is 86.5 cm³/mol. The van der Waals surface area contributed by atoms with E-state index in [1.165, 1.54) is 5.56 Å². The van der Waals surface area contributed by atoms with E-state index in [9.17, 15) is 8.42 Å². The molecule has 0 N–H and O–H groups in total. The standard InChI is InChI=1S/C16H26N2O2S/c1-14(2)15-4-6-16(7-5-15)21(19,20)13-12-18-10-8-17(3)9-11-18/h4-7,14H,8-13H2,1-3H3. The minimum absolute atomic E-state index is 0.206. The zero-order valence-corrected chi connectivity index (χ0v) is 14.1.